The predicted octanol–water partition coefficient (Wildman–Crippen LogP) is 0.693. The first-order valence-corrected chi connectivity index (χ1v) is 8.35. The molecule has 0 radical (unpaired) electrons. The van der Waals surface area contributed by atoms with Crippen LogP contribution in [0.15, 0.2) is 29.2 Å². The standard InChI is InChI=1S/C14H22N2O4S/c1-11-8-15-9-13(20-11)10-19-12-4-6-14(7-5-12)21(17,18)16(2)3/h4-7,11,13,15H,8-10H2,1-3H3. The molecule has 7 heteroatoms. The monoisotopic (exact) mass is 314 g/mol. The fourth-order valence-electron chi connectivity index (χ4n) is 2.08. The fraction of sp³-hybridized carbons (Fsp3) is 0.571. The average molecular weight is 314 g/mol. The smallest absolute Gasteiger partial charge is 0.242 e. The predicted molar refractivity (Wildman–Crippen MR) is 80.0 cm³/mol. The van der Waals surface area contributed by atoms with Gasteiger partial charge in [-0.05, 0) is 31.2 Å². The summed E-state index contributed by atoms with van der Waals surface area (Å²) < 4.78 is 36.4. The summed E-state index contributed by atoms with van der Waals surface area (Å²) in [6.07, 6.45) is 0.193. The number of ether oxygens (including phenoxy) is 2. The summed E-state index contributed by atoms with van der Waals surface area (Å²) in [5.41, 5.74) is 0. The van der Waals surface area contributed by atoms with Crippen molar-refractivity contribution in [2.45, 2.75) is 24.0 Å². The Balaban J connectivity index is 1.94. The van der Waals surface area contributed by atoms with Crippen LogP contribution in [0.25, 0.3) is 0 Å². The van der Waals surface area contributed by atoms with E-state index in [4.69, 9.17) is 9.47 Å². The fourth-order valence-corrected chi connectivity index (χ4v) is 2.98. The molecule has 1 heterocycles. The Morgan fingerprint density at radius 2 is 1.95 bits per heavy atom. The minimum Gasteiger partial charge on any atom is -0.491 e. The summed E-state index contributed by atoms with van der Waals surface area (Å²) >= 11 is 0. The summed E-state index contributed by atoms with van der Waals surface area (Å²) in [5.74, 6) is 0.634. The molecular formula is C14H22N2O4S. The summed E-state index contributed by atoms with van der Waals surface area (Å²) in [6.45, 7) is 4.07. The number of nitrogens with one attached hydrogen (secondary N) is 1. The summed E-state index contributed by atoms with van der Waals surface area (Å²) in [4.78, 5) is 0.254. The Hall–Kier alpha value is -1.15. The lowest BCUT2D eigenvalue weighted by molar-refractivity contribution is -0.0470. The molecule has 1 fully saturated rings. The van der Waals surface area contributed by atoms with Gasteiger partial charge < -0.3 is 14.8 Å². The molecule has 1 saturated heterocycles. The van der Waals surface area contributed by atoms with Gasteiger partial charge in [0.25, 0.3) is 0 Å². The Labute approximate surface area is 126 Å². The first-order valence-electron chi connectivity index (χ1n) is 6.91. The van der Waals surface area contributed by atoms with E-state index in [2.05, 4.69) is 5.32 Å². The highest BCUT2D eigenvalue weighted by atomic mass is 32.2. The van der Waals surface area contributed by atoms with Crippen LogP contribution in [0, 0.1) is 0 Å². The van der Waals surface area contributed by atoms with E-state index in [0.717, 1.165) is 13.1 Å². The topological polar surface area (TPSA) is 67.9 Å². The Morgan fingerprint density at radius 1 is 1.29 bits per heavy atom. The zero-order chi connectivity index (χ0) is 15.5. The molecule has 2 atom stereocenters. The zero-order valence-corrected chi connectivity index (χ0v) is 13.4. The van der Waals surface area contributed by atoms with Gasteiger partial charge in [-0.1, -0.05) is 0 Å². The molecule has 0 amide bonds. The first kappa shape index (κ1) is 16.2. The molecule has 0 aliphatic carbocycles. The third-order valence-electron chi connectivity index (χ3n) is 3.27. The van der Waals surface area contributed by atoms with Gasteiger partial charge >= 0.3 is 0 Å². The van der Waals surface area contributed by atoms with E-state index < -0.39 is 10.0 Å². The van der Waals surface area contributed by atoms with Gasteiger partial charge in [-0.25, -0.2) is 12.7 Å². The largest absolute Gasteiger partial charge is 0.491 e. The number of morpholine rings is 1. The average Bonchev–Trinajstić information content (AvgIpc) is 2.45. The van der Waals surface area contributed by atoms with E-state index in [1.54, 1.807) is 24.3 Å². The van der Waals surface area contributed by atoms with Crippen molar-refractivity contribution in [3.63, 3.8) is 0 Å². The van der Waals surface area contributed by atoms with E-state index in [1.165, 1.54) is 18.4 Å². The van der Waals surface area contributed by atoms with Crippen molar-refractivity contribution in [1.82, 2.24) is 9.62 Å². The molecule has 0 bridgehead atoms. The number of hydrogen-bond acceptors (Lipinski definition) is 5. The molecule has 2 unspecified atom stereocenters. The molecule has 1 aliphatic rings. The third-order valence-corrected chi connectivity index (χ3v) is 5.10. The molecule has 6 nitrogen and oxygen atoms in total. The van der Waals surface area contributed by atoms with E-state index in [1.807, 2.05) is 6.92 Å². The van der Waals surface area contributed by atoms with Crippen LogP contribution < -0.4 is 10.1 Å². The van der Waals surface area contributed by atoms with Gasteiger partial charge in [0.15, 0.2) is 0 Å². The van der Waals surface area contributed by atoms with Gasteiger partial charge in [0, 0.05) is 27.2 Å². The summed E-state index contributed by atoms with van der Waals surface area (Å²) in [5, 5.41) is 3.27. The highest BCUT2D eigenvalue weighted by molar-refractivity contribution is 7.89. The Kier molecular flexibility index (Phi) is 5.21. The summed E-state index contributed by atoms with van der Waals surface area (Å²) in [7, 11) is -0.377. The molecule has 0 saturated carbocycles. The van der Waals surface area contributed by atoms with Crippen molar-refractivity contribution in [3.05, 3.63) is 24.3 Å². The molecule has 2 rings (SSSR count). The molecule has 21 heavy (non-hydrogen) atoms. The van der Waals surface area contributed by atoms with Crippen molar-refractivity contribution in [2.24, 2.45) is 0 Å². The van der Waals surface area contributed by atoms with Crippen LogP contribution in [0.2, 0.25) is 0 Å². The van der Waals surface area contributed by atoms with Crippen LogP contribution in [0.5, 0.6) is 5.75 Å². The van der Waals surface area contributed by atoms with Crippen LogP contribution in [0.1, 0.15) is 6.92 Å². The van der Waals surface area contributed by atoms with E-state index in [0.29, 0.717) is 12.4 Å². The Morgan fingerprint density at radius 3 is 2.52 bits per heavy atom. The van der Waals surface area contributed by atoms with Gasteiger partial charge in [0.05, 0.1) is 11.0 Å². The number of sulfonamides is 1. The van der Waals surface area contributed by atoms with Crippen LogP contribution >= 0.6 is 0 Å². The second-order valence-electron chi connectivity index (χ2n) is 5.30. The molecule has 118 valence electrons. The maximum absolute atomic E-state index is 11.9. The van der Waals surface area contributed by atoms with Crippen molar-refractivity contribution in [1.29, 1.82) is 0 Å². The lowest BCUT2D eigenvalue weighted by Gasteiger charge is -2.28. The van der Waals surface area contributed by atoms with Crippen LogP contribution in [0.4, 0.5) is 0 Å². The van der Waals surface area contributed by atoms with Crippen LogP contribution in [0.3, 0.4) is 0 Å². The summed E-state index contributed by atoms with van der Waals surface area (Å²) in [6, 6.07) is 6.42. The molecule has 1 N–H and O–H groups in total. The lowest BCUT2D eigenvalue weighted by Crippen LogP contribution is -2.45. The quantitative estimate of drug-likeness (QED) is 0.866. The number of rotatable bonds is 5. The minimum absolute atomic E-state index is 0.0129. The van der Waals surface area contributed by atoms with Gasteiger partial charge in [0.2, 0.25) is 10.0 Å². The number of nitrogens with zero attached hydrogens (tertiary/aromatic N) is 1. The molecule has 1 aromatic rings. The molecule has 0 spiro atoms. The second kappa shape index (κ2) is 6.74. The normalized spacial score (nSPS) is 23.2. The van der Waals surface area contributed by atoms with E-state index in [9.17, 15) is 8.42 Å². The molecule has 1 aliphatic heterocycles. The lowest BCUT2D eigenvalue weighted by atomic mass is 10.2. The second-order valence-corrected chi connectivity index (χ2v) is 7.45. The van der Waals surface area contributed by atoms with Gasteiger partial charge in [-0.3, -0.25) is 0 Å². The van der Waals surface area contributed by atoms with Gasteiger partial charge in [-0.2, -0.15) is 0 Å². The van der Waals surface area contributed by atoms with Crippen molar-refractivity contribution >= 4 is 10.0 Å². The van der Waals surface area contributed by atoms with Crippen molar-refractivity contribution < 1.29 is 17.9 Å². The molecule has 0 aromatic heterocycles. The zero-order valence-electron chi connectivity index (χ0n) is 12.6. The SMILES string of the molecule is CC1CNCC(COc2ccc(S(=O)(=O)N(C)C)cc2)O1. The highest BCUT2D eigenvalue weighted by Gasteiger charge is 2.20. The third kappa shape index (κ3) is 4.16. The molecular weight excluding hydrogens is 292 g/mol. The number of benzene rings is 1. The maximum Gasteiger partial charge on any atom is 0.242 e. The number of hydrogen-bond donors (Lipinski definition) is 1. The molecule has 1 aromatic carbocycles. The minimum atomic E-state index is -3.39. The maximum atomic E-state index is 11.9. The van der Waals surface area contributed by atoms with E-state index >= 15 is 0 Å². The first-order chi connectivity index (χ1) is 9.89. The Bertz CT molecular complexity index is 557. The van der Waals surface area contributed by atoms with Crippen molar-refractivity contribution in [2.75, 3.05) is 33.8 Å². The van der Waals surface area contributed by atoms with Gasteiger partial charge in [0.1, 0.15) is 18.5 Å². The van der Waals surface area contributed by atoms with E-state index in [-0.39, 0.29) is 17.1 Å². The van der Waals surface area contributed by atoms with Crippen LogP contribution in [-0.4, -0.2) is 58.7 Å². The van der Waals surface area contributed by atoms with Crippen molar-refractivity contribution in [3.8, 4) is 5.75 Å². The van der Waals surface area contributed by atoms with Gasteiger partial charge in [-0.15, -0.1) is 0 Å². The van der Waals surface area contributed by atoms with Crippen LogP contribution in [-0.2, 0) is 14.8 Å². The highest BCUT2D eigenvalue weighted by Crippen LogP contribution is 2.18.